The topological polar surface area (TPSA) is 51.2 Å². The van der Waals surface area contributed by atoms with Crippen LogP contribution in [0.25, 0.3) is 0 Å². The second-order valence-electron chi connectivity index (χ2n) is 3.67. The standard InChI is InChI=1S/C8H16O4/c1-7(6-11-7)4-5-8(2,10-3)12-9/h9H,4-6H2,1-3H3. The number of rotatable bonds is 5. The third kappa shape index (κ3) is 2.42. The van der Waals surface area contributed by atoms with E-state index < -0.39 is 5.79 Å². The second kappa shape index (κ2) is 3.30. The van der Waals surface area contributed by atoms with Crippen molar-refractivity contribution in [2.24, 2.45) is 0 Å². The molecule has 72 valence electrons. The summed E-state index contributed by atoms with van der Waals surface area (Å²) in [6.07, 6.45) is 1.45. The molecule has 2 atom stereocenters. The van der Waals surface area contributed by atoms with Gasteiger partial charge in [-0.1, -0.05) is 0 Å². The first-order chi connectivity index (χ1) is 5.54. The lowest BCUT2D eigenvalue weighted by Gasteiger charge is -2.24. The number of hydrogen-bond acceptors (Lipinski definition) is 4. The van der Waals surface area contributed by atoms with Gasteiger partial charge in [-0.05, 0) is 20.3 Å². The molecule has 0 amide bonds. The molecule has 4 heteroatoms. The van der Waals surface area contributed by atoms with Crippen LogP contribution in [-0.2, 0) is 14.4 Å². The Hall–Kier alpha value is -0.160. The molecule has 1 N–H and O–H groups in total. The molecule has 0 aromatic carbocycles. The average molecular weight is 176 g/mol. The highest BCUT2D eigenvalue weighted by Gasteiger charge is 2.41. The van der Waals surface area contributed by atoms with Gasteiger partial charge in [0.05, 0.1) is 12.2 Å². The lowest BCUT2D eigenvalue weighted by molar-refractivity contribution is -0.394. The van der Waals surface area contributed by atoms with Gasteiger partial charge < -0.3 is 9.47 Å². The van der Waals surface area contributed by atoms with Gasteiger partial charge in [-0.2, -0.15) is 0 Å². The van der Waals surface area contributed by atoms with Gasteiger partial charge in [-0.25, -0.2) is 10.1 Å². The van der Waals surface area contributed by atoms with Crippen molar-refractivity contribution in [3.63, 3.8) is 0 Å². The number of hydrogen-bond donors (Lipinski definition) is 1. The van der Waals surface area contributed by atoms with Gasteiger partial charge in [-0.15, -0.1) is 0 Å². The van der Waals surface area contributed by atoms with Gasteiger partial charge in [0.25, 0.3) is 0 Å². The number of ether oxygens (including phenoxy) is 2. The van der Waals surface area contributed by atoms with Gasteiger partial charge in [0.15, 0.2) is 5.79 Å². The Morgan fingerprint density at radius 1 is 1.67 bits per heavy atom. The van der Waals surface area contributed by atoms with Crippen molar-refractivity contribution >= 4 is 0 Å². The molecule has 1 aliphatic rings. The van der Waals surface area contributed by atoms with E-state index in [0.29, 0.717) is 6.42 Å². The summed E-state index contributed by atoms with van der Waals surface area (Å²) in [7, 11) is 1.51. The fraction of sp³-hybridized carbons (Fsp3) is 1.00. The zero-order valence-corrected chi connectivity index (χ0v) is 7.79. The Balaban J connectivity index is 2.28. The van der Waals surface area contributed by atoms with Crippen LogP contribution in [0.4, 0.5) is 0 Å². The van der Waals surface area contributed by atoms with Gasteiger partial charge in [0, 0.05) is 13.5 Å². The van der Waals surface area contributed by atoms with Crippen LogP contribution >= 0.6 is 0 Å². The fourth-order valence-electron chi connectivity index (χ4n) is 0.944. The summed E-state index contributed by atoms with van der Waals surface area (Å²) in [5, 5.41) is 8.54. The molecule has 0 radical (unpaired) electrons. The molecular formula is C8H16O4. The maximum Gasteiger partial charge on any atom is 0.198 e. The lowest BCUT2D eigenvalue weighted by Crippen LogP contribution is -2.31. The summed E-state index contributed by atoms with van der Waals surface area (Å²) in [6.45, 7) is 4.51. The molecule has 12 heavy (non-hydrogen) atoms. The van der Waals surface area contributed by atoms with Crippen molar-refractivity contribution in [2.45, 2.75) is 38.1 Å². The van der Waals surface area contributed by atoms with Crippen molar-refractivity contribution in [2.75, 3.05) is 13.7 Å². The fourth-order valence-corrected chi connectivity index (χ4v) is 0.944. The molecule has 0 aliphatic carbocycles. The van der Waals surface area contributed by atoms with Crippen molar-refractivity contribution < 1.29 is 19.6 Å². The molecule has 0 aromatic rings. The molecule has 1 saturated heterocycles. The molecule has 2 unspecified atom stereocenters. The minimum atomic E-state index is -0.894. The van der Waals surface area contributed by atoms with Crippen LogP contribution in [0.5, 0.6) is 0 Å². The predicted octanol–water partition coefficient (Wildman–Crippen LogP) is 1.41. The van der Waals surface area contributed by atoms with E-state index in [9.17, 15) is 0 Å². The highest BCUT2D eigenvalue weighted by molar-refractivity contribution is 4.87. The van der Waals surface area contributed by atoms with Crippen LogP contribution in [0, 0.1) is 0 Å². The van der Waals surface area contributed by atoms with Crippen LogP contribution < -0.4 is 0 Å². The van der Waals surface area contributed by atoms with Crippen molar-refractivity contribution in [1.82, 2.24) is 0 Å². The zero-order valence-electron chi connectivity index (χ0n) is 7.79. The maximum absolute atomic E-state index is 8.54. The third-order valence-electron chi connectivity index (χ3n) is 2.37. The van der Waals surface area contributed by atoms with Gasteiger partial charge in [-0.3, -0.25) is 0 Å². The van der Waals surface area contributed by atoms with E-state index >= 15 is 0 Å². The molecule has 4 nitrogen and oxygen atoms in total. The Bertz CT molecular complexity index is 149. The Labute approximate surface area is 72.4 Å². The molecule has 0 saturated carbocycles. The average Bonchev–Trinajstić information content (AvgIpc) is 2.81. The molecular weight excluding hydrogens is 160 g/mol. The summed E-state index contributed by atoms with van der Waals surface area (Å²) in [4.78, 5) is 4.23. The van der Waals surface area contributed by atoms with E-state index in [-0.39, 0.29) is 5.60 Å². The van der Waals surface area contributed by atoms with E-state index in [0.717, 1.165) is 13.0 Å². The van der Waals surface area contributed by atoms with Crippen LogP contribution in [0.2, 0.25) is 0 Å². The summed E-state index contributed by atoms with van der Waals surface area (Å²) in [5.74, 6) is -0.894. The normalized spacial score (nSPS) is 33.0. The molecule has 1 aliphatic heterocycles. The van der Waals surface area contributed by atoms with Crippen molar-refractivity contribution in [3.8, 4) is 0 Å². The first-order valence-electron chi connectivity index (χ1n) is 4.05. The van der Waals surface area contributed by atoms with E-state index in [2.05, 4.69) is 4.89 Å². The van der Waals surface area contributed by atoms with Crippen molar-refractivity contribution in [1.29, 1.82) is 0 Å². The summed E-state index contributed by atoms with van der Waals surface area (Å²) < 4.78 is 10.2. The highest BCUT2D eigenvalue weighted by atomic mass is 17.1. The van der Waals surface area contributed by atoms with Gasteiger partial charge >= 0.3 is 0 Å². The number of methoxy groups -OCH3 is 1. The first-order valence-corrected chi connectivity index (χ1v) is 4.05. The maximum atomic E-state index is 8.54. The van der Waals surface area contributed by atoms with E-state index in [1.165, 1.54) is 7.11 Å². The molecule has 1 fully saturated rings. The molecule has 1 heterocycles. The minimum absolute atomic E-state index is 0.0156. The third-order valence-corrected chi connectivity index (χ3v) is 2.37. The monoisotopic (exact) mass is 176 g/mol. The van der Waals surface area contributed by atoms with Gasteiger partial charge in [0.1, 0.15) is 0 Å². The van der Waals surface area contributed by atoms with Crippen LogP contribution in [0.15, 0.2) is 0 Å². The minimum Gasteiger partial charge on any atom is -0.370 e. The molecule has 1 rings (SSSR count). The Morgan fingerprint density at radius 2 is 2.25 bits per heavy atom. The summed E-state index contributed by atoms with van der Waals surface area (Å²) >= 11 is 0. The SMILES string of the molecule is COC(C)(CCC1(C)CO1)OO. The van der Waals surface area contributed by atoms with Gasteiger partial charge in [0.2, 0.25) is 0 Å². The lowest BCUT2D eigenvalue weighted by atomic mass is 10.0. The smallest absolute Gasteiger partial charge is 0.198 e. The summed E-state index contributed by atoms with van der Waals surface area (Å²) in [6, 6.07) is 0. The van der Waals surface area contributed by atoms with Crippen LogP contribution in [0.1, 0.15) is 26.7 Å². The van der Waals surface area contributed by atoms with Crippen LogP contribution in [-0.4, -0.2) is 30.4 Å². The Kier molecular flexibility index (Phi) is 2.73. The van der Waals surface area contributed by atoms with Crippen molar-refractivity contribution in [3.05, 3.63) is 0 Å². The highest BCUT2D eigenvalue weighted by Crippen LogP contribution is 2.34. The van der Waals surface area contributed by atoms with E-state index in [1.54, 1.807) is 6.92 Å². The first kappa shape index (κ1) is 9.92. The molecule has 0 bridgehead atoms. The molecule has 0 spiro atoms. The van der Waals surface area contributed by atoms with E-state index in [1.807, 2.05) is 6.92 Å². The largest absolute Gasteiger partial charge is 0.370 e. The molecule has 0 aromatic heterocycles. The second-order valence-corrected chi connectivity index (χ2v) is 3.67. The van der Waals surface area contributed by atoms with Crippen LogP contribution in [0.3, 0.4) is 0 Å². The number of epoxide rings is 1. The Morgan fingerprint density at radius 3 is 2.58 bits per heavy atom. The summed E-state index contributed by atoms with van der Waals surface area (Å²) in [5.41, 5.74) is -0.0156. The zero-order chi connectivity index (χ0) is 9.24. The quantitative estimate of drug-likeness (QED) is 0.298. The predicted molar refractivity (Wildman–Crippen MR) is 42.7 cm³/mol. The van der Waals surface area contributed by atoms with E-state index in [4.69, 9.17) is 14.7 Å².